The van der Waals surface area contributed by atoms with Crippen LogP contribution in [0.2, 0.25) is 0 Å². The van der Waals surface area contributed by atoms with Crippen molar-refractivity contribution in [3.8, 4) is 0 Å². The van der Waals surface area contributed by atoms with E-state index >= 15 is 0 Å². The number of hydrogen-bond donors (Lipinski definition) is 1. The van der Waals surface area contributed by atoms with Gasteiger partial charge in [-0.2, -0.15) is 0 Å². The van der Waals surface area contributed by atoms with Crippen molar-refractivity contribution in [2.24, 2.45) is 28.6 Å². The summed E-state index contributed by atoms with van der Waals surface area (Å²) in [6, 6.07) is 0. The molecule has 0 amide bonds. The Balaban J connectivity index is 1.79. The third kappa shape index (κ3) is 1.91. The number of allylic oxidation sites excluding steroid dienone is 4. The van der Waals surface area contributed by atoms with Gasteiger partial charge in [0.2, 0.25) is 0 Å². The second-order valence-electron chi connectivity index (χ2n) is 9.16. The molecule has 0 aliphatic heterocycles. The number of Topliss-reactive ketones (excluding diaryl/α,β-unsaturated/α-hetero) is 1. The maximum atomic E-state index is 12.4. The largest absolute Gasteiger partial charge is 0.377 e. The molecular weight excluding hydrogens is 312 g/mol. The molecule has 0 aromatic rings. The lowest BCUT2D eigenvalue weighted by Gasteiger charge is -2.56. The molecule has 3 heteroatoms. The molecule has 2 fully saturated rings. The van der Waals surface area contributed by atoms with Crippen LogP contribution in [-0.4, -0.2) is 22.3 Å². The Kier molecular flexibility index (Phi) is 3.41. The molecule has 25 heavy (non-hydrogen) atoms. The molecule has 0 radical (unpaired) electrons. The van der Waals surface area contributed by atoms with Gasteiger partial charge in [0, 0.05) is 11.8 Å². The second kappa shape index (κ2) is 5.03. The molecule has 134 valence electrons. The first-order chi connectivity index (χ1) is 11.6. The Morgan fingerprint density at radius 2 is 2.00 bits per heavy atom. The molecule has 6 atom stereocenters. The first-order valence-corrected chi connectivity index (χ1v) is 9.49. The molecule has 4 aliphatic carbocycles. The summed E-state index contributed by atoms with van der Waals surface area (Å²) in [5.74, 6) is 1.10. The Morgan fingerprint density at radius 1 is 1.28 bits per heavy atom. The van der Waals surface area contributed by atoms with E-state index in [1.165, 1.54) is 12.5 Å². The van der Waals surface area contributed by atoms with E-state index in [4.69, 9.17) is 0 Å². The first-order valence-electron chi connectivity index (χ1n) is 9.49. The smallest absolute Gasteiger partial charge is 0.166 e. The van der Waals surface area contributed by atoms with Gasteiger partial charge in [0.05, 0.1) is 0 Å². The first kappa shape index (κ1) is 17.0. The van der Waals surface area contributed by atoms with Crippen molar-refractivity contribution in [2.45, 2.75) is 58.5 Å². The van der Waals surface area contributed by atoms with Gasteiger partial charge in [-0.3, -0.25) is 9.59 Å². The van der Waals surface area contributed by atoms with E-state index in [9.17, 15) is 14.7 Å². The van der Waals surface area contributed by atoms with Gasteiger partial charge in [0.1, 0.15) is 5.60 Å². The van der Waals surface area contributed by atoms with Gasteiger partial charge in [-0.15, -0.1) is 0 Å². The predicted molar refractivity (Wildman–Crippen MR) is 96.8 cm³/mol. The minimum Gasteiger partial charge on any atom is -0.377 e. The van der Waals surface area contributed by atoms with Crippen LogP contribution in [0.4, 0.5) is 0 Å². The monoisotopic (exact) mass is 340 g/mol. The lowest BCUT2D eigenvalue weighted by atomic mass is 9.48. The van der Waals surface area contributed by atoms with Crippen LogP contribution in [0.1, 0.15) is 52.9 Å². The van der Waals surface area contributed by atoms with E-state index < -0.39 is 11.0 Å². The highest BCUT2D eigenvalue weighted by Gasteiger charge is 2.66. The van der Waals surface area contributed by atoms with E-state index in [1.807, 2.05) is 6.08 Å². The average molecular weight is 340 g/mol. The summed E-state index contributed by atoms with van der Waals surface area (Å²) in [6.45, 7) is 9.97. The fraction of sp³-hybridized carbons (Fsp3) is 0.636. The van der Waals surface area contributed by atoms with Crippen molar-refractivity contribution in [3.63, 3.8) is 0 Å². The summed E-state index contributed by atoms with van der Waals surface area (Å²) in [5.41, 5.74) is 0.0611. The highest BCUT2D eigenvalue weighted by Crippen LogP contribution is 2.67. The lowest BCUT2D eigenvalue weighted by molar-refractivity contribution is -0.151. The van der Waals surface area contributed by atoms with E-state index in [0.717, 1.165) is 19.3 Å². The van der Waals surface area contributed by atoms with Gasteiger partial charge in [-0.25, -0.2) is 0 Å². The fourth-order valence-corrected chi connectivity index (χ4v) is 6.62. The molecule has 1 N–H and O–H groups in total. The molecule has 0 heterocycles. The summed E-state index contributed by atoms with van der Waals surface area (Å²) in [6.07, 6.45) is 10.3. The van der Waals surface area contributed by atoms with Crippen LogP contribution in [0.3, 0.4) is 0 Å². The van der Waals surface area contributed by atoms with E-state index in [2.05, 4.69) is 32.6 Å². The minimum atomic E-state index is -1.39. The Labute approximate surface area is 149 Å². The summed E-state index contributed by atoms with van der Waals surface area (Å²) >= 11 is 0. The number of carbonyl (C=O) groups excluding carboxylic acids is 2. The van der Waals surface area contributed by atoms with Gasteiger partial charge < -0.3 is 5.11 Å². The number of rotatable bonds is 1. The number of fused-ring (bicyclic) bond motifs is 5. The molecule has 3 unspecified atom stereocenters. The van der Waals surface area contributed by atoms with Crippen LogP contribution in [-0.2, 0) is 9.59 Å². The SMILES string of the molecule is C=C1CC2C3C=CC4=CC(=O)CC[C@]4(C)C3CC[C@]2(C)[C@@]1(O)C(C)=O. The number of carbonyl (C=O) groups is 2. The minimum absolute atomic E-state index is 0.0346. The number of aliphatic hydroxyl groups is 1. The third-order valence-electron chi connectivity index (χ3n) is 8.22. The van der Waals surface area contributed by atoms with Gasteiger partial charge >= 0.3 is 0 Å². The molecule has 2 saturated carbocycles. The molecule has 3 nitrogen and oxygen atoms in total. The van der Waals surface area contributed by atoms with Crippen LogP contribution in [0.25, 0.3) is 0 Å². The molecule has 0 spiro atoms. The van der Waals surface area contributed by atoms with E-state index in [1.54, 1.807) is 0 Å². The van der Waals surface area contributed by atoms with Gasteiger partial charge in [-0.1, -0.05) is 32.6 Å². The normalized spacial score (nSPS) is 48.5. The lowest BCUT2D eigenvalue weighted by Crippen LogP contribution is -2.56. The quantitative estimate of drug-likeness (QED) is 0.739. The maximum absolute atomic E-state index is 12.4. The fourth-order valence-electron chi connectivity index (χ4n) is 6.62. The highest BCUT2D eigenvalue weighted by atomic mass is 16.3. The van der Waals surface area contributed by atoms with Crippen molar-refractivity contribution in [1.82, 2.24) is 0 Å². The van der Waals surface area contributed by atoms with Crippen molar-refractivity contribution in [1.29, 1.82) is 0 Å². The van der Waals surface area contributed by atoms with Crippen LogP contribution < -0.4 is 0 Å². The van der Waals surface area contributed by atoms with Gasteiger partial charge in [0.15, 0.2) is 11.6 Å². The van der Waals surface area contributed by atoms with E-state index in [-0.39, 0.29) is 22.9 Å². The summed E-state index contributed by atoms with van der Waals surface area (Å²) in [7, 11) is 0. The number of hydrogen-bond acceptors (Lipinski definition) is 3. The summed E-state index contributed by atoms with van der Waals surface area (Å²) in [4.78, 5) is 24.2. The van der Waals surface area contributed by atoms with Crippen LogP contribution >= 0.6 is 0 Å². The van der Waals surface area contributed by atoms with Gasteiger partial charge in [0.25, 0.3) is 0 Å². The Hall–Kier alpha value is -1.48. The van der Waals surface area contributed by atoms with Crippen molar-refractivity contribution >= 4 is 11.6 Å². The van der Waals surface area contributed by atoms with Crippen molar-refractivity contribution < 1.29 is 14.7 Å². The second-order valence-corrected chi connectivity index (χ2v) is 9.16. The van der Waals surface area contributed by atoms with E-state index in [0.29, 0.717) is 30.3 Å². The Bertz CT molecular complexity index is 744. The number of ketones is 2. The van der Waals surface area contributed by atoms with Gasteiger partial charge in [-0.05, 0) is 73.0 Å². The molecular formula is C22H28O3. The van der Waals surface area contributed by atoms with Crippen LogP contribution in [0.5, 0.6) is 0 Å². The van der Waals surface area contributed by atoms with Crippen LogP contribution in [0, 0.1) is 28.6 Å². The molecule has 4 aliphatic rings. The predicted octanol–water partition coefficient (Wildman–Crippen LogP) is 3.78. The third-order valence-corrected chi connectivity index (χ3v) is 8.22. The standard InChI is InChI=1S/C22H28O3/c1-13-11-19-17-6-5-15-12-16(24)7-9-20(15,3)18(17)8-10-21(19,4)22(13,25)14(2)23/h5-6,12,17-19,25H,1,7-11H2,2-4H3/t17?,18?,19?,20-,21-,22-/m0/s1. The summed E-state index contributed by atoms with van der Waals surface area (Å²) < 4.78 is 0. The molecule has 4 rings (SSSR count). The molecule has 0 aromatic carbocycles. The van der Waals surface area contributed by atoms with Crippen LogP contribution in [0.15, 0.2) is 36.0 Å². The van der Waals surface area contributed by atoms with Crippen molar-refractivity contribution in [3.05, 3.63) is 36.0 Å². The highest BCUT2D eigenvalue weighted by molar-refractivity contribution is 5.92. The zero-order chi connectivity index (χ0) is 18.2. The average Bonchev–Trinajstić information content (AvgIpc) is 2.77. The summed E-state index contributed by atoms with van der Waals surface area (Å²) in [5, 5.41) is 11.3. The zero-order valence-electron chi connectivity index (χ0n) is 15.5. The topological polar surface area (TPSA) is 54.4 Å². The zero-order valence-corrected chi connectivity index (χ0v) is 15.5. The molecule has 0 aromatic heterocycles. The Morgan fingerprint density at radius 3 is 2.68 bits per heavy atom. The molecule has 0 bridgehead atoms. The molecule has 0 saturated heterocycles. The maximum Gasteiger partial charge on any atom is 0.166 e. The van der Waals surface area contributed by atoms with Crippen molar-refractivity contribution in [2.75, 3.05) is 0 Å².